The highest BCUT2D eigenvalue weighted by Gasteiger charge is 2.22. The van der Waals surface area contributed by atoms with E-state index in [-0.39, 0.29) is 23.2 Å². The Hall–Kier alpha value is -2.69. The number of nitrogens with zero attached hydrogens (tertiary/aromatic N) is 3. The van der Waals surface area contributed by atoms with Gasteiger partial charge in [-0.1, -0.05) is 40.6 Å². The first-order valence-electron chi connectivity index (χ1n) is 11.3. The van der Waals surface area contributed by atoms with Crippen molar-refractivity contribution in [2.75, 3.05) is 36.8 Å². The average Bonchev–Trinajstić information content (AvgIpc) is 3.23. The highest BCUT2D eigenvalue weighted by atomic mass is 35.5. The normalized spacial score (nSPS) is 11.4. The van der Waals surface area contributed by atoms with Gasteiger partial charge in [0.2, 0.25) is 0 Å². The average molecular weight is 580 g/mol. The summed E-state index contributed by atoms with van der Waals surface area (Å²) in [5.41, 5.74) is 3.55. The summed E-state index contributed by atoms with van der Waals surface area (Å²) in [4.78, 5) is 22.1. The monoisotopic (exact) mass is 578 g/mol. The molecule has 11 heteroatoms. The smallest absolute Gasteiger partial charge is 0.261 e. The predicted molar refractivity (Wildman–Crippen MR) is 155 cm³/mol. The van der Waals surface area contributed by atoms with Gasteiger partial charge in [-0.05, 0) is 82.0 Å². The summed E-state index contributed by atoms with van der Waals surface area (Å²) < 4.78 is 28.9. The maximum absolute atomic E-state index is 13.5. The molecule has 1 aromatic heterocycles. The zero-order chi connectivity index (χ0) is 26.0. The van der Waals surface area contributed by atoms with Crippen LogP contribution < -0.4 is 9.62 Å². The molecule has 0 spiro atoms. The van der Waals surface area contributed by atoms with Gasteiger partial charge in [0.15, 0.2) is 5.13 Å². The second-order valence-corrected chi connectivity index (χ2v) is 11.9. The molecule has 0 atom stereocenters. The molecule has 1 heterocycles. The SMILES string of the molecule is Cc1ccc(S(=O)(=O)Nc2ccc(C(=O)N(CCN(C)C)c3nc4c(C)cc(Cl)cc4s3)cc2)cc1.Cl. The van der Waals surface area contributed by atoms with Gasteiger partial charge in [0.1, 0.15) is 0 Å². The predicted octanol–water partition coefficient (Wildman–Crippen LogP) is 6.00. The van der Waals surface area contributed by atoms with E-state index in [2.05, 4.69) is 4.72 Å². The third-order valence-corrected chi connectivity index (χ3v) is 8.24. The van der Waals surface area contributed by atoms with Gasteiger partial charge >= 0.3 is 0 Å². The highest BCUT2D eigenvalue weighted by Crippen LogP contribution is 2.33. The minimum absolute atomic E-state index is 0. The summed E-state index contributed by atoms with van der Waals surface area (Å²) >= 11 is 7.64. The lowest BCUT2D eigenvalue weighted by Crippen LogP contribution is -2.36. The van der Waals surface area contributed by atoms with Crippen LogP contribution in [0.3, 0.4) is 0 Å². The maximum atomic E-state index is 13.5. The van der Waals surface area contributed by atoms with Gasteiger partial charge in [-0.2, -0.15) is 0 Å². The largest absolute Gasteiger partial charge is 0.308 e. The molecule has 196 valence electrons. The maximum Gasteiger partial charge on any atom is 0.261 e. The summed E-state index contributed by atoms with van der Waals surface area (Å²) in [6.07, 6.45) is 0. The number of hydrogen-bond acceptors (Lipinski definition) is 6. The van der Waals surface area contributed by atoms with E-state index in [4.69, 9.17) is 16.6 Å². The van der Waals surface area contributed by atoms with E-state index in [1.165, 1.54) is 11.3 Å². The van der Waals surface area contributed by atoms with Crippen LogP contribution in [0.4, 0.5) is 10.8 Å². The third kappa shape index (κ3) is 6.80. The van der Waals surface area contributed by atoms with Crippen molar-refractivity contribution in [3.05, 3.63) is 82.4 Å². The summed E-state index contributed by atoms with van der Waals surface area (Å²) in [6, 6.07) is 16.7. The molecule has 0 fully saturated rings. The summed E-state index contributed by atoms with van der Waals surface area (Å²) in [7, 11) is 0.156. The number of rotatable bonds is 8. The van der Waals surface area contributed by atoms with Gasteiger partial charge in [0, 0.05) is 29.4 Å². The lowest BCUT2D eigenvalue weighted by atomic mass is 10.2. The Labute approximate surface area is 232 Å². The van der Waals surface area contributed by atoms with Crippen LogP contribution in [0.2, 0.25) is 5.02 Å². The molecule has 37 heavy (non-hydrogen) atoms. The van der Waals surface area contributed by atoms with Gasteiger partial charge < -0.3 is 4.90 Å². The third-order valence-electron chi connectivity index (χ3n) is 5.60. The van der Waals surface area contributed by atoms with Crippen LogP contribution in [0, 0.1) is 13.8 Å². The Kier molecular flexibility index (Phi) is 9.20. The molecule has 0 radical (unpaired) electrons. The Morgan fingerprint density at radius 2 is 1.65 bits per heavy atom. The fraction of sp³-hybridized carbons (Fsp3) is 0.231. The number of nitrogens with one attached hydrogen (secondary N) is 1. The summed E-state index contributed by atoms with van der Waals surface area (Å²) in [5.74, 6) is -0.215. The van der Waals surface area contributed by atoms with E-state index in [0.717, 1.165) is 21.3 Å². The van der Waals surface area contributed by atoms with Crippen molar-refractivity contribution in [2.24, 2.45) is 0 Å². The molecule has 0 unspecified atom stereocenters. The van der Waals surface area contributed by atoms with Crippen molar-refractivity contribution >= 4 is 72.3 Å². The second kappa shape index (κ2) is 11.8. The van der Waals surface area contributed by atoms with Crippen LogP contribution in [-0.4, -0.2) is 51.4 Å². The van der Waals surface area contributed by atoms with Gasteiger partial charge in [0.25, 0.3) is 15.9 Å². The summed E-state index contributed by atoms with van der Waals surface area (Å²) in [6.45, 7) is 4.93. The first kappa shape index (κ1) is 28.9. The fourth-order valence-corrected chi connectivity index (χ4v) is 6.11. The van der Waals surface area contributed by atoms with Crippen molar-refractivity contribution < 1.29 is 13.2 Å². The molecular formula is C26H28Cl2N4O3S2. The van der Waals surface area contributed by atoms with E-state index in [0.29, 0.717) is 34.5 Å². The van der Waals surface area contributed by atoms with E-state index >= 15 is 0 Å². The van der Waals surface area contributed by atoms with Crippen molar-refractivity contribution in [1.82, 2.24) is 9.88 Å². The minimum atomic E-state index is -3.73. The summed E-state index contributed by atoms with van der Waals surface area (Å²) in [5, 5.41) is 1.22. The van der Waals surface area contributed by atoms with E-state index in [1.54, 1.807) is 53.4 Å². The Morgan fingerprint density at radius 1 is 1.00 bits per heavy atom. The van der Waals surface area contributed by atoms with Gasteiger partial charge in [-0.15, -0.1) is 12.4 Å². The standard InChI is InChI=1S/C26H27ClN4O3S2.ClH/c1-17-5-11-22(12-6-17)36(33,34)29-21-9-7-19(8-10-21)25(32)31(14-13-30(3)4)26-28-24-18(2)15-20(27)16-23(24)35-26;/h5-12,15-16,29H,13-14H2,1-4H3;1H. The zero-order valence-corrected chi connectivity index (χ0v) is 24.1. The quantitative estimate of drug-likeness (QED) is 0.277. The molecule has 4 rings (SSSR count). The molecule has 4 aromatic rings. The second-order valence-electron chi connectivity index (χ2n) is 8.82. The molecule has 1 N–H and O–H groups in total. The Balaban J connectivity index is 0.00000380. The number of carbonyl (C=O) groups excluding carboxylic acids is 1. The molecule has 0 saturated heterocycles. The number of sulfonamides is 1. The number of anilines is 2. The lowest BCUT2D eigenvalue weighted by Gasteiger charge is -2.22. The van der Waals surface area contributed by atoms with E-state index < -0.39 is 10.0 Å². The number of amides is 1. The Bertz CT molecular complexity index is 1500. The van der Waals surface area contributed by atoms with Crippen LogP contribution in [-0.2, 0) is 10.0 Å². The fourth-order valence-electron chi connectivity index (χ4n) is 3.61. The number of aromatic nitrogens is 1. The first-order valence-corrected chi connectivity index (χ1v) is 13.9. The number of likely N-dealkylation sites (N-methyl/N-ethyl adjacent to an activating group) is 1. The number of benzene rings is 3. The van der Waals surface area contributed by atoms with Crippen molar-refractivity contribution in [3.8, 4) is 0 Å². The van der Waals surface area contributed by atoms with E-state index in [1.807, 2.05) is 45.0 Å². The molecule has 0 saturated carbocycles. The number of halogens is 2. The molecule has 7 nitrogen and oxygen atoms in total. The van der Waals surface area contributed by atoms with Gasteiger partial charge in [0.05, 0.1) is 15.1 Å². The molecule has 1 amide bonds. The molecule has 3 aromatic carbocycles. The number of hydrogen-bond donors (Lipinski definition) is 1. The minimum Gasteiger partial charge on any atom is -0.308 e. The lowest BCUT2D eigenvalue weighted by molar-refractivity contribution is 0.0985. The van der Waals surface area contributed by atoms with Crippen LogP contribution in [0.25, 0.3) is 10.2 Å². The van der Waals surface area contributed by atoms with Crippen LogP contribution in [0.1, 0.15) is 21.5 Å². The van der Waals surface area contributed by atoms with Crippen LogP contribution in [0.5, 0.6) is 0 Å². The number of fused-ring (bicyclic) bond motifs is 1. The van der Waals surface area contributed by atoms with Crippen molar-refractivity contribution in [1.29, 1.82) is 0 Å². The molecule has 0 aliphatic heterocycles. The first-order chi connectivity index (χ1) is 17.0. The van der Waals surface area contributed by atoms with Gasteiger partial charge in [-0.3, -0.25) is 14.4 Å². The van der Waals surface area contributed by atoms with Gasteiger partial charge in [-0.25, -0.2) is 13.4 Å². The van der Waals surface area contributed by atoms with Crippen molar-refractivity contribution in [3.63, 3.8) is 0 Å². The van der Waals surface area contributed by atoms with Crippen LogP contribution in [0.15, 0.2) is 65.6 Å². The van der Waals surface area contributed by atoms with Crippen LogP contribution >= 0.6 is 35.3 Å². The molecule has 0 aliphatic carbocycles. The molecule has 0 aliphatic rings. The highest BCUT2D eigenvalue weighted by molar-refractivity contribution is 7.92. The number of carbonyl (C=O) groups is 1. The molecular weight excluding hydrogens is 551 g/mol. The molecule has 0 bridgehead atoms. The Morgan fingerprint density at radius 3 is 2.27 bits per heavy atom. The number of thiazole rings is 1. The topological polar surface area (TPSA) is 82.6 Å². The van der Waals surface area contributed by atoms with E-state index in [9.17, 15) is 13.2 Å². The number of aryl methyl sites for hydroxylation is 2. The van der Waals surface area contributed by atoms with Crippen molar-refractivity contribution in [2.45, 2.75) is 18.7 Å². The zero-order valence-electron chi connectivity index (χ0n) is 20.9.